The van der Waals surface area contributed by atoms with E-state index in [0.29, 0.717) is 17.6 Å². The van der Waals surface area contributed by atoms with Crippen molar-refractivity contribution in [3.8, 4) is 0 Å². The van der Waals surface area contributed by atoms with Gasteiger partial charge in [0.2, 0.25) is 5.95 Å². The molecule has 16 rings (SSSR count). The SMILES string of the molecule is CC[C@H]1O[C@@H](n2cc(C)c(N)nc2=O)CC1OP([O-])(=S)OC[C@H]1O[C@@H](n2cnc3c(=O)[nH]c(N)nc32)CC1OP(=O)([S-])OC[C@H]1O[C@@H](N2C=C(C)C(N)NC2=O)CC1OP([O-])(=S)OC[C@H]1O[C@@H](n2cnc3c(N)ncnc32)CC1OP([O-])(=S)OC[C@H]1O[C@@H](n2cc(C)c(N)nc2=O)CC1OP([O-])(=S)OC[C@H]1O[C@@H](n2cc(C)c(=O)[nH]c2=O)CC1OP([O-])(=S)OC[C@H]1O[C@@H](n2cc(C)c(=O)[nH]c2=O)CC1OP([O-])(=S)OC. The maximum absolute atomic E-state index is 15.0. The van der Waals surface area contributed by atoms with E-state index >= 15 is 9.79 Å². The van der Waals surface area contributed by atoms with Crippen molar-refractivity contribution < 1.29 is 135 Å². The van der Waals surface area contributed by atoms with E-state index in [1.807, 2.05) is 0 Å². The van der Waals surface area contributed by atoms with Crippen LogP contribution in [0.15, 0.2) is 89.1 Å². The van der Waals surface area contributed by atoms with E-state index in [-0.39, 0.29) is 88.1 Å². The molecule has 8 aliphatic heterocycles. The Hall–Kier alpha value is -6.41. The van der Waals surface area contributed by atoms with Crippen LogP contribution in [0.25, 0.3) is 22.3 Å². The Morgan fingerprint density at radius 1 is 0.414 bits per heavy atom. The molecule has 2 amide bonds. The smallest absolute Gasteiger partial charge is 0.351 e. The number of anilines is 4. The highest BCUT2D eigenvalue weighted by Gasteiger charge is 2.50. The highest BCUT2D eigenvalue weighted by atomic mass is 32.7. The molecule has 8 aliphatic rings. The summed E-state index contributed by atoms with van der Waals surface area (Å²) in [5.41, 5.74) is 25.7. The number of rotatable bonds is 41. The number of aryl methyl sites for hydroxylation is 4. The van der Waals surface area contributed by atoms with E-state index in [4.69, 9.17) is 208 Å². The third-order valence-electron chi connectivity index (χ3n) is 24.1. The van der Waals surface area contributed by atoms with Gasteiger partial charge in [0.05, 0.1) is 101 Å². The van der Waals surface area contributed by atoms with E-state index in [1.165, 1.54) is 71.9 Å². The lowest BCUT2D eigenvalue weighted by atomic mass is 10.1. The van der Waals surface area contributed by atoms with Gasteiger partial charge in [-0.25, -0.2) is 43.9 Å². The van der Waals surface area contributed by atoms with Crippen LogP contribution in [0.3, 0.4) is 0 Å². The molecule has 0 saturated carbocycles. The van der Waals surface area contributed by atoms with Crippen molar-refractivity contribution in [1.82, 2.24) is 87.5 Å². The topological polar surface area (TPSA) is 798 Å². The van der Waals surface area contributed by atoms with Gasteiger partial charge < -0.3 is 172 Å². The number of hydrogen-bond donors (Lipinski definition) is 9. The fourth-order valence-corrected chi connectivity index (χ4v) is 26.5. The number of aromatic nitrogens is 16. The molecule has 0 aliphatic carbocycles. The molecule has 7 saturated heterocycles. The lowest BCUT2D eigenvalue weighted by molar-refractivity contribution is -0.221. The number of hydrogen-bond acceptors (Lipinski definition) is 55. The Morgan fingerprint density at radius 3 is 1.16 bits per heavy atom. The first kappa shape index (κ1) is 111. The number of H-pyrrole nitrogens is 3. The maximum atomic E-state index is 15.0. The molecule has 29 atom stereocenters. The first-order valence-electron chi connectivity index (χ1n) is 43.7. The van der Waals surface area contributed by atoms with Crippen LogP contribution in [0.4, 0.5) is 28.2 Å². The second-order valence-corrected chi connectivity index (χ2v) is 53.1. The standard InChI is InChI=1S/C72H100N23O36P7S7/c1-8-35-36(9-49(118-35)89-16-30(2)58(73)82-68(89)99)126-133(105,140)112-26-48-42(15-55(124-48)95-29-81-57-63(95)85-67(77)86-66(57)98)131-138(110,145)116-23-45-39(12-51(121-45)91-18-32(4)60(75)84-70(91)101)128-136(108,143)117-25-47-41(14-54(123-47)94-28-80-56-61(76)78-27-79-62(56)94)130-137(109,144)115-22-44-38(11-50(120-44)90-17-31(3)59(74)83-69(90)100)127-135(107,142)114-24-46-40(13-53(122-46)93-20-34(6)65(97)88-72(93)103)129-134(106,141)113-21-43-37(125-132(104,139)111-7)10-52(119-43)92-19-33(5)64(96)87-71(92)102/h16-20,27-29,35-55,60H,8-15,21-26,75H2,1-7H3,(H,84,101)(H,104,139)(H,105,140)(H,106,141)(H,107,142)(H,108,143)(H,109,144)(H,110,145)(H2,73,82,99)(H2,74,83,100)(H2,76,78,79)(H,87,96,102)(H,88,97,103)(H3,77,85,86,98)/p-7/t35-,36?,37?,38?,39?,40?,41?,42?,43-,44-,45-,46-,47-,48-,49-,50-,51-,52-,53-,54-,55-,60?,132?,133?,134?,135?,136?,137?,138?/m1/s1. The van der Waals surface area contributed by atoms with Crippen LogP contribution < -0.4 is 103 Å². The van der Waals surface area contributed by atoms with Crippen molar-refractivity contribution in [2.24, 2.45) is 5.73 Å². The number of fused-ring (bicyclic) bond motifs is 2. The number of ether oxygens (including phenoxy) is 7. The van der Waals surface area contributed by atoms with Crippen LogP contribution in [-0.2, 0) is 184 Å². The second-order valence-electron chi connectivity index (χ2n) is 34.1. The highest BCUT2D eigenvalue weighted by Crippen LogP contribution is 2.57. The summed E-state index contributed by atoms with van der Waals surface area (Å²) in [6.07, 6.45) is -21.4. The van der Waals surface area contributed by atoms with Crippen LogP contribution in [-0.4, -0.2) is 233 Å². The summed E-state index contributed by atoms with van der Waals surface area (Å²) < 4.78 is 147. The fraction of sp³-hybridized carbons (Fsp3) is 0.597. The normalized spacial score (nSPS) is 30.7. The summed E-state index contributed by atoms with van der Waals surface area (Å²) in [4.78, 5) is 228. The number of nitrogens with two attached hydrogens (primary N) is 5. The van der Waals surface area contributed by atoms with E-state index in [9.17, 15) is 62.5 Å². The Morgan fingerprint density at radius 2 is 0.752 bits per heavy atom. The maximum Gasteiger partial charge on any atom is 0.351 e. The summed E-state index contributed by atoms with van der Waals surface area (Å²) in [5.74, 6) is -0.500. The Labute approximate surface area is 853 Å². The lowest BCUT2D eigenvalue weighted by Gasteiger charge is -2.36. The average molecular weight is 2300 g/mol. The second kappa shape index (κ2) is 44.7. The van der Waals surface area contributed by atoms with Gasteiger partial charge in [0.1, 0.15) is 150 Å². The molecular formula is C72H93N23O36P7S7-7. The molecule has 7 fully saturated rings. The quantitative estimate of drug-likeness (QED) is 0.0138. The lowest BCUT2D eigenvalue weighted by Crippen LogP contribution is -2.54. The first-order chi connectivity index (χ1) is 68.2. The van der Waals surface area contributed by atoms with Gasteiger partial charge in [-0.15, -0.1) is 0 Å². The van der Waals surface area contributed by atoms with Gasteiger partial charge >= 0.3 is 28.8 Å². The number of aromatic amines is 3. The van der Waals surface area contributed by atoms with Crippen LogP contribution in [0, 0.1) is 27.7 Å². The summed E-state index contributed by atoms with van der Waals surface area (Å²) >= 11 is 38.0. The van der Waals surface area contributed by atoms with Crippen LogP contribution in [0.5, 0.6) is 0 Å². The van der Waals surface area contributed by atoms with E-state index in [2.05, 4.69) is 55.2 Å². The third kappa shape index (κ3) is 26.4. The number of amides is 2. The van der Waals surface area contributed by atoms with Crippen molar-refractivity contribution in [2.45, 2.75) is 228 Å². The molecule has 16 heterocycles. The minimum atomic E-state index is -5.02. The third-order valence-corrected chi connectivity index (χ3v) is 35.2. The number of carbonyl (C=O) groups excluding carboxylic acids is 1. The van der Waals surface area contributed by atoms with Crippen LogP contribution in [0.2, 0.25) is 0 Å². The molecular weight excluding hydrogens is 2200 g/mol. The van der Waals surface area contributed by atoms with Crippen molar-refractivity contribution in [3.63, 3.8) is 0 Å². The number of imidazole rings is 2. The Kier molecular flexibility index (Phi) is 34.3. The van der Waals surface area contributed by atoms with Crippen molar-refractivity contribution in [1.29, 1.82) is 0 Å². The van der Waals surface area contributed by atoms with Gasteiger partial charge in [-0.05, 0) is 46.6 Å². The van der Waals surface area contributed by atoms with E-state index in [1.54, 1.807) is 20.8 Å². The molecule has 15 unspecified atom stereocenters. The molecule has 145 heavy (non-hydrogen) atoms. The van der Waals surface area contributed by atoms with Gasteiger partial charge in [0, 0.05) is 105 Å². The van der Waals surface area contributed by atoms with E-state index < -0.39 is 287 Å². The van der Waals surface area contributed by atoms with Crippen LogP contribution in [0.1, 0.15) is 125 Å². The number of nitrogens with zero attached hydrogens (tertiary/aromatic N) is 14. The van der Waals surface area contributed by atoms with Gasteiger partial charge in [-0.1, -0.05) is 77.8 Å². The molecule has 0 bridgehead atoms. The van der Waals surface area contributed by atoms with Crippen molar-refractivity contribution in [2.75, 3.05) is 69.7 Å². The molecule has 796 valence electrons. The predicted molar refractivity (Wildman–Crippen MR) is 514 cm³/mol. The Bertz CT molecular complexity index is 7110. The number of nitrogens with one attached hydrogen (secondary N) is 4. The average Bonchev–Trinajstić information content (AvgIpc) is 1.62. The minimum Gasteiger partial charge on any atom is -0.780 e. The summed E-state index contributed by atoms with van der Waals surface area (Å²) in [7, 11) is 1.01. The molecule has 8 aromatic heterocycles. The van der Waals surface area contributed by atoms with E-state index in [0.717, 1.165) is 38.2 Å². The molecule has 0 radical (unpaired) electrons. The van der Waals surface area contributed by atoms with Gasteiger partial charge in [0.25, 0.3) is 16.7 Å². The summed E-state index contributed by atoms with van der Waals surface area (Å²) in [5, 5.41) is 2.58. The van der Waals surface area contributed by atoms with Crippen LogP contribution >= 0.6 is 47.1 Å². The Balaban J connectivity index is 0.608. The zero-order chi connectivity index (χ0) is 105. The molecule has 59 nitrogen and oxygen atoms in total. The number of nitrogen functional groups attached to an aromatic ring is 4. The molecule has 0 spiro atoms. The molecule has 14 N–H and O–H groups in total. The van der Waals surface area contributed by atoms with Gasteiger partial charge in [0.15, 0.2) is 29.4 Å². The predicted octanol–water partition coefficient (Wildman–Crippen LogP) is -2.79. The zero-order valence-corrected chi connectivity index (χ0v) is 88.5. The summed E-state index contributed by atoms with van der Waals surface area (Å²) in [6.45, 7) is -29.5. The largest absolute Gasteiger partial charge is 0.780 e. The van der Waals surface area contributed by atoms with Crippen molar-refractivity contribution >= 4 is 182 Å². The minimum absolute atomic E-state index is 0.00761. The van der Waals surface area contributed by atoms with Gasteiger partial charge in [-0.3, -0.25) is 66.2 Å². The number of urea groups is 1. The molecule has 0 aromatic carbocycles. The summed E-state index contributed by atoms with van der Waals surface area (Å²) in [6, 6.07) is -0.777. The zero-order valence-electron chi connectivity index (χ0n) is 76.6. The number of carbonyl (C=O) groups is 1. The molecule has 73 heteroatoms. The fourth-order valence-electron chi connectivity index (χ4n) is 16.8. The first-order valence-corrected chi connectivity index (χ1v) is 61.5. The van der Waals surface area contributed by atoms with Gasteiger partial charge in [-0.2, -0.15) is 15.0 Å². The molecule has 8 aromatic rings. The monoisotopic (exact) mass is 2300 g/mol. The highest BCUT2D eigenvalue weighted by molar-refractivity contribution is 8.32. The van der Waals surface area contributed by atoms with Crippen molar-refractivity contribution in [3.05, 3.63) is 151 Å².